The molecule has 3 aromatic rings. The number of fused-ring (bicyclic) bond motifs is 26. The van der Waals surface area contributed by atoms with Crippen molar-refractivity contribution in [2.75, 3.05) is 0 Å². The van der Waals surface area contributed by atoms with Crippen LogP contribution in [0.3, 0.4) is 0 Å². The molecule has 340 valence electrons. The zero-order valence-corrected chi connectivity index (χ0v) is 38.6. The number of hydrogen-bond acceptors (Lipinski definition) is 9. The summed E-state index contributed by atoms with van der Waals surface area (Å²) in [4.78, 5) is 18.0. The van der Waals surface area contributed by atoms with E-state index in [0.717, 1.165) is 51.3 Å². The van der Waals surface area contributed by atoms with Gasteiger partial charge in [0.15, 0.2) is 23.1 Å². The van der Waals surface area contributed by atoms with Gasteiger partial charge in [-0.25, -0.2) is 0 Å². The van der Waals surface area contributed by atoms with Gasteiger partial charge in [0.1, 0.15) is 0 Å². The Hall–Kier alpha value is -4.11. The summed E-state index contributed by atoms with van der Waals surface area (Å²) >= 11 is 0. The van der Waals surface area contributed by atoms with Crippen molar-refractivity contribution in [3.63, 3.8) is 0 Å². The fourth-order valence-corrected chi connectivity index (χ4v) is 16.7. The molecule has 16 bridgehead atoms. The van der Waals surface area contributed by atoms with Crippen LogP contribution in [-0.4, -0.2) is 98.7 Å². The van der Waals surface area contributed by atoms with Gasteiger partial charge in [-0.1, -0.05) is 24.3 Å². The Morgan fingerprint density at radius 1 is 0.424 bits per heavy atom. The quantitative estimate of drug-likeness (QED) is 0.274. The first kappa shape index (κ1) is 37.8. The predicted octanol–water partition coefficient (Wildman–Crippen LogP) is 4.84. The Kier molecular flexibility index (Phi) is 6.58. The van der Waals surface area contributed by atoms with E-state index in [1.807, 2.05) is 0 Å². The molecule has 10 aliphatic carbocycles. The molecule has 66 heavy (non-hydrogen) atoms. The van der Waals surface area contributed by atoms with Crippen molar-refractivity contribution < 1.29 is 37.9 Å². The second-order valence-electron chi connectivity index (χ2n) is 23.8. The van der Waals surface area contributed by atoms with Crippen molar-refractivity contribution >= 4 is 30.0 Å². The third-order valence-electron chi connectivity index (χ3n) is 18.4. The molecule has 16 aliphatic rings. The van der Waals surface area contributed by atoms with Gasteiger partial charge in [-0.3, -0.25) is 4.99 Å². The van der Waals surface area contributed by atoms with Crippen LogP contribution in [0.25, 0.3) is 24.3 Å². The first-order valence-electron chi connectivity index (χ1n) is 24.8. The topological polar surface area (TPSA) is 134 Å². The van der Waals surface area contributed by atoms with Gasteiger partial charge >= 0.3 is 0 Å². The van der Waals surface area contributed by atoms with Gasteiger partial charge < -0.3 is 52.8 Å². The highest BCUT2D eigenvalue weighted by molar-refractivity contribution is 6.23. The SMILES string of the molecule is CC1(C)OC2C3CC(C4=C3C3=NC4/C=c4\[nH]c(c5c4C4CC5C5OC(C)(C)OC45)=Cc4[nH]c(c5c4C4C=CC5C5OC(C)(C)OC45)C=c4[nH]c(c5c4C4C=CC5C5OC(C)(C)OC45)=C3)C2O1. The van der Waals surface area contributed by atoms with Crippen LogP contribution < -0.4 is 21.4 Å². The average molecular weight is 889 g/mol. The molecule has 0 aromatic carbocycles. The molecule has 3 aromatic heterocycles. The first-order valence-corrected chi connectivity index (χ1v) is 24.8. The maximum atomic E-state index is 6.77. The monoisotopic (exact) mass is 888 g/mol. The van der Waals surface area contributed by atoms with Crippen LogP contribution in [0.15, 0.2) is 40.4 Å². The van der Waals surface area contributed by atoms with Gasteiger partial charge in [-0.05, 0) is 137 Å². The van der Waals surface area contributed by atoms with E-state index in [1.165, 1.54) is 44.5 Å². The normalized spacial score (nSPS) is 45.6. The minimum Gasteiger partial charge on any atom is -0.355 e. The van der Waals surface area contributed by atoms with Crippen LogP contribution >= 0.6 is 0 Å². The van der Waals surface area contributed by atoms with E-state index >= 15 is 0 Å². The fourth-order valence-electron chi connectivity index (χ4n) is 16.7. The third-order valence-corrected chi connectivity index (χ3v) is 18.4. The van der Waals surface area contributed by atoms with Crippen molar-refractivity contribution in [3.05, 3.63) is 102 Å². The lowest BCUT2D eigenvalue weighted by molar-refractivity contribution is -0.156. The molecule has 9 heterocycles. The molecule has 0 amide bonds. The number of ether oxygens (including phenoxy) is 8. The van der Waals surface area contributed by atoms with E-state index in [1.54, 1.807) is 0 Å². The number of aromatic amines is 3. The summed E-state index contributed by atoms with van der Waals surface area (Å²) in [6, 6.07) is -0.152. The van der Waals surface area contributed by atoms with Crippen LogP contribution in [0.4, 0.5) is 0 Å². The molecule has 2 saturated carbocycles. The van der Waals surface area contributed by atoms with Crippen LogP contribution in [0.2, 0.25) is 0 Å². The van der Waals surface area contributed by atoms with E-state index in [9.17, 15) is 0 Å². The highest BCUT2D eigenvalue weighted by atomic mass is 16.8. The predicted molar refractivity (Wildman–Crippen MR) is 241 cm³/mol. The Morgan fingerprint density at radius 3 is 1.35 bits per heavy atom. The van der Waals surface area contributed by atoms with Crippen molar-refractivity contribution in [1.29, 1.82) is 0 Å². The molecule has 19 rings (SSSR count). The van der Waals surface area contributed by atoms with E-state index in [4.69, 9.17) is 42.9 Å². The van der Waals surface area contributed by atoms with Gasteiger partial charge in [0.2, 0.25) is 0 Å². The zero-order chi connectivity index (χ0) is 44.0. The van der Waals surface area contributed by atoms with Crippen molar-refractivity contribution in [1.82, 2.24) is 15.0 Å². The summed E-state index contributed by atoms with van der Waals surface area (Å²) < 4.78 is 54.1. The number of nitrogens with one attached hydrogen (secondary N) is 3. The Morgan fingerprint density at radius 2 is 0.818 bits per heavy atom. The van der Waals surface area contributed by atoms with Crippen LogP contribution in [0.1, 0.15) is 149 Å². The van der Waals surface area contributed by atoms with Crippen molar-refractivity contribution in [2.45, 2.75) is 182 Å². The summed E-state index contributed by atoms with van der Waals surface area (Å²) in [7, 11) is 0. The minimum absolute atomic E-state index is 0.00548. The molecular formula is C54H56N4O8. The van der Waals surface area contributed by atoms with E-state index in [-0.39, 0.29) is 102 Å². The lowest BCUT2D eigenvalue weighted by Crippen LogP contribution is -2.44. The number of nitrogens with zero attached hydrogens (tertiary/aromatic N) is 1. The molecule has 6 aliphatic heterocycles. The van der Waals surface area contributed by atoms with Gasteiger partial charge in [0.25, 0.3) is 0 Å². The van der Waals surface area contributed by atoms with Gasteiger partial charge in [-0.15, -0.1) is 0 Å². The Labute approximate surface area is 381 Å². The molecule has 17 atom stereocenters. The highest BCUT2D eigenvalue weighted by Crippen LogP contribution is 2.61. The number of hydrogen-bond donors (Lipinski definition) is 3. The number of H-pyrrole nitrogens is 3. The molecule has 6 fully saturated rings. The number of rotatable bonds is 0. The van der Waals surface area contributed by atoms with Crippen LogP contribution in [-0.2, 0) is 37.9 Å². The molecule has 4 saturated heterocycles. The summed E-state index contributed by atoms with van der Waals surface area (Å²) in [5.74, 6) is -1.61. The molecule has 0 spiro atoms. The summed E-state index contributed by atoms with van der Waals surface area (Å²) in [5, 5.41) is 4.49. The minimum atomic E-state index is -0.673. The Balaban J connectivity index is 0.951. The van der Waals surface area contributed by atoms with Crippen molar-refractivity contribution in [2.24, 2.45) is 16.8 Å². The maximum absolute atomic E-state index is 6.77. The van der Waals surface area contributed by atoms with Crippen molar-refractivity contribution in [3.8, 4) is 0 Å². The summed E-state index contributed by atoms with van der Waals surface area (Å²) in [6.45, 7) is 16.5. The van der Waals surface area contributed by atoms with Crippen LogP contribution in [0, 0.1) is 11.8 Å². The van der Waals surface area contributed by atoms with Gasteiger partial charge in [-0.2, -0.15) is 0 Å². The number of aliphatic imine (C=N–C) groups is 1. The molecular weight excluding hydrogens is 833 g/mol. The summed E-state index contributed by atoms with van der Waals surface area (Å²) in [5.41, 5.74) is 14.0. The first-order chi connectivity index (χ1) is 31.6. The van der Waals surface area contributed by atoms with E-state index in [0.29, 0.717) is 0 Å². The standard InChI is InChI=1S/C54H56N4O8/c1-51(2)59-43-19-9-11-21(45(43)61-51)37-29-16-31-39-23-13-25(49-47(23)63-53(5,6)65-49)41(39)33(57-31)18-34-42-26-14-24(48-50(26)66-54(7,8)64-48)40(42)32(58-34)17-30-38-22-12-10-20(44-46(22)62-52(3,4)60-44)36(38)28(56-30)15-27(55-29)35(19)37/h9-12,15-26,33,43-50,55-56,58H,13-14H2,1-8H3/b27-15?,29-16?,32-17?,34-18-. The maximum Gasteiger partial charge on any atom is 0.163 e. The second kappa shape index (κ2) is 11.5. The highest BCUT2D eigenvalue weighted by Gasteiger charge is 2.64. The lowest BCUT2D eigenvalue weighted by Gasteiger charge is -2.40. The second-order valence-corrected chi connectivity index (χ2v) is 23.8. The molecule has 12 nitrogen and oxygen atoms in total. The number of aromatic nitrogens is 3. The van der Waals surface area contributed by atoms with E-state index in [2.05, 4.69) is 119 Å². The largest absolute Gasteiger partial charge is 0.355 e. The zero-order valence-electron chi connectivity index (χ0n) is 38.6. The van der Waals surface area contributed by atoms with Crippen LogP contribution in [0.5, 0.6) is 0 Å². The van der Waals surface area contributed by atoms with Gasteiger partial charge in [0.05, 0.1) is 60.6 Å². The average Bonchev–Trinajstić information content (AvgIpc) is 4.08. The summed E-state index contributed by atoms with van der Waals surface area (Å²) in [6.07, 6.45) is 20.9. The lowest BCUT2D eigenvalue weighted by atomic mass is 9.68. The Bertz CT molecular complexity index is 3230. The molecule has 12 heteroatoms. The molecule has 0 radical (unpaired) electrons. The fraction of sp³-hybridized carbons (Fsp3) is 0.574. The molecule has 3 N–H and O–H groups in total. The van der Waals surface area contributed by atoms with Gasteiger partial charge in [0, 0.05) is 80.1 Å². The van der Waals surface area contributed by atoms with E-state index < -0.39 is 23.1 Å². The smallest absolute Gasteiger partial charge is 0.163 e. The molecule has 17 unspecified atom stereocenters. The third kappa shape index (κ3) is 4.54.